The molecule has 152 valence electrons. The van der Waals surface area contributed by atoms with E-state index in [-0.39, 0.29) is 10.1 Å². The molecule has 1 aliphatic rings. The lowest BCUT2D eigenvalue weighted by atomic mass is 10.2. The maximum absolute atomic E-state index is 12.7. The number of aromatic nitrogens is 3. The van der Waals surface area contributed by atoms with Crippen LogP contribution < -0.4 is 0 Å². The first-order chi connectivity index (χ1) is 14.0. The lowest BCUT2D eigenvalue weighted by Crippen LogP contribution is -2.35. The molecular formula is C20H22N4O3S2. The summed E-state index contributed by atoms with van der Waals surface area (Å²) in [6.45, 7) is 3.11. The molecule has 0 bridgehead atoms. The van der Waals surface area contributed by atoms with Gasteiger partial charge in [-0.25, -0.2) is 13.4 Å². The minimum atomic E-state index is -3.47. The van der Waals surface area contributed by atoms with Crippen LogP contribution in [0.5, 0.6) is 0 Å². The van der Waals surface area contributed by atoms with Crippen molar-refractivity contribution in [1.82, 2.24) is 19.4 Å². The van der Waals surface area contributed by atoms with Crippen LogP contribution in [0.15, 0.2) is 63.1 Å². The molecule has 0 aliphatic carbocycles. The Balaban J connectivity index is 1.44. The van der Waals surface area contributed by atoms with Crippen LogP contribution in [0.1, 0.15) is 37.3 Å². The summed E-state index contributed by atoms with van der Waals surface area (Å²) < 4.78 is 32.4. The largest absolute Gasteiger partial charge is 0.338 e. The normalized spacial score (nSPS) is 16.6. The van der Waals surface area contributed by atoms with Gasteiger partial charge in [0.05, 0.1) is 10.3 Å². The molecule has 1 saturated heterocycles. The van der Waals surface area contributed by atoms with Crippen LogP contribution in [-0.4, -0.2) is 40.9 Å². The summed E-state index contributed by atoms with van der Waals surface area (Å²) in [5.74, 6) is 1.05. The highest BCUT2D eigenvalue weighted by atomic mass is 32.2. The molecule has 0 amide bonds. The van der Waals surface area contributed by atoms with E-state index < -0.39 is 10.0 Å². The van der Waals surface area contributed by atoms with Crippen molar-refractivity contribution in [3.05, 3.63) is 54.6 Å². The molecule has 0 spiro atoms. The Morgan fingerprint density at radius 3 is 2.52 bits per heavy atom. The van der Waals surface area contributed by atoms with Crippen LogP contribution in [0.4, 0.5) is 0 Å². The van der Waals surface area contributed by atoms with Crippen LogP contribution in [0.2, 0.25) is 0 Å². The van der Waals surface area contributed by atoms with Crippen molar-refractivity contribution in [3.63, 3.8) is 0 Å². The van der Waals surface area contributed by atoms with Crippen molar-refractivity contribution < 1.29 is 12.9 Å². The molecule has 0 radical (unpaired) electrons. The van der Waals surface area contributed by atoms with Gasteiger partial charge in [-0.2, -0.15) is 9.29 Å². The van der Waals surface area contributed by atoms with Gasteiger partial charge in [-0.3, -0.25) is 0 Å². The minimum Gasteiger partial charge on any atom is -0.338 e. The first-order valence-corrected chi connectivity index (χ1v) is 11.9. The van der Waals surface area contributed by atoms with Crippen LogP contribution in [-0.2, 0) is 10.0 Å². The molecule has 3 heterocycles. The molecule has 4 rings (SSSR count). The third-order valence-corrected chi connectivity index (χ3v) is 7.70. The third kappa shape index (κ3) is 4.52. The van der Waals surface area contributed by atoms with E-state index in [9.17, 15) is 8.42 Å². The van der Waals surface area contributed by atoms with E-state index in [0.717, 1.165) is 24.8 Å². The number of nitrogens with zero attached hydrogens (tertiary/aromatic N) is 4. The Morgan fingerprint density at radius 2 is 1.83 bits per heavy atom. The molecule has 29 heavy (non-hydrogen) atoms. The lowest BCUT2D eigenvalue weighted by Gasteiger charge is -2.25. The van der Waals surface area contributed by atoms with Gasteiger partial charge in [0.25, 0.3) is 0 Å². The van der Waals surface area contributed by atoms with Gasteiger partial charge in [-0.1, -0.05) is 53.7 Å². The molecule has 1 unspecified atom stereocenters. The minimum absolute atomic E-state index is 0.114. The van der Waals surface area contributed by atoms with Gasteiger partial charge in [0, 0.05) is 24.8 Å². The van der Waals surface area contributed by atoms with Gasteiger partial charge in [0.2, 0.25) is 21.7 Å². The Kier molecular flexibility index (Phi) is 5.98. The maximum atomic E-state index is 12.7. The molecule has 3 aromatic rings. The number of piperidine rings is 1. The molecular weight excluding hydrogens is 408 g/mol. The molecule has 2 aromatic heterocycles. The summed E-state index contributed by atoms with van der Waals surface area (Å²) in [6.07, 6.45) is 4.34. The molecule has 0 saturated carbocycles. The highest BCUT2D eigenvalue weighted by Gasteiger charge is 2.26. The number of pyridine rings is 1. The second-order valence-corrected chi connectivity index (χ2v) is 10.2. The summed E-state index contributed by atoms with van der Waals surface area (Å²) in [5, 5.41) is 4.63. The molecule has 1 fully saturated rings. The number of benzene rings is 1. The van der Waals surface area contributed by atoms with Gasteiger partial charge in [-0.05, 0) is 31.9 Å². The molecule has 1 atom stereocenters. The lowest BCUT2D eigenvalue weighted by molar-refractivity contribution is 0.346. The zero-order chi connectivity index (χ0) is 20.3. The van der Waals surface area contributed by atoms with Crippen molar-refractivity contribution >= 4 is 21.8 Å². The van der Waals surface area contributed by atoms with E-state index in [0.29, 0.717) is 29.8 Å². The van der Waals surface area contributed by atoms with Gasteiger partial charge < -0.3 is 4.52 Å². The molecule has 1 aliphatic heterocycles. The van der Waals surface area contributed by atoms with Gasteiger partial charge in [-0.15, -0.1) is 0 Å². The Hall–Kier alpha value is -2.23. The average Bonchev–Trinajstić information content (AvgIpc) is 3.26. The highest BCUT2D eigenvalue weighted by molar-refractivity contribution is 7.99. The summed E-state index contributed by atoms with van der Waals surface area (Å²) in [7, 11) is -3.47. The third-order valence-electron chi connectivity index (χ3n) is 4.78. The quantitative estimate of drug-likeness (QED) is 0.543. The van der Waals surface area contributed by atoms with Gasteiger partial charge in [0.15, 0.2) is 0 Å². The Labute approximate surface area is 174 Å². The van der Waals surface area contributed by atoms with E-state index in [2.05, 4.69) is 15.1 Å². The molecule has 9 heteroatoms. The summed E-state index contributed by atoms with van der Waals surface area (Å²) in [5.41, 5.74) is 0.894. The first-order valence-electron chi connectivity index (χ1n) is 9.56. The number of hydrogen-bond acceptors (Lipinski definition) is 7. The fraction of sp³-hybridized carbons (Fsp3) is 0.350. The van der Waals surface area contributed by atoms with Gasteiger partial charge in [0.1, 0.15) is 4.90 Å². The number of hydrogen-bond donors (Lipinski definition) is 0. The Morgan fingerprint density at radius 1 is 1.07 bits per heavy atom. The monoisotopic (exact) mass is 430 g/mol. The van der Waals surface area contributed by atoms with Crippen molar-refractivity contribution in [2.75, 3.05) is 13.1 Å². The highest BCUT2D eigenvalue weighted by Crippen LogP contribution is 2.34. The average molecular weight is 431 g/mol. The van der Waals surface area contributed by atoms with E-state index in [1.54, 1.807) is 16.4 Å². The summed E-state index contributed by atoms with van der Waals surface area (Å²) in [6, 6.07) is 13.0. The zero-order valence-electron chi connectivity index (χ0n) is 16.1. The van der Waals surface area contributed by atoms with Crippen LogP contribution >= 0.6 is 11.8 Å². The van der Waals surface area contributed by atoms with E-state index in [4.69, 9.17) is 4.52 Å². The van der Waals surface area contributed by atoms with Crippen LogP contribution in [0, 0.1) is 0 Å². The first kappa shape index (κ1) is 20.1. The number of rotatable bonds is 6. The van der Waals surface area contributed by atoms with E-state index in [1.807, 2.05) is 37.3 Å². The van der Waals surface area contributed by atoms with Crippen molar-refractivity contribution in [1.29, 1.82) is 0 Å². The van der Waals surface area contributed by atoms with E-state index in [1.165, 1.54) is 18.0 Å². The second kappa shape index (κ2) is 8.64. The molecule has 1 aromatic carbocycles. The number of thioether (sulfide) groups is 1. The second-order valence-electron chi connectivity index (χ2n) is 6.88. The predicted octanol–water partition coefficient (Wildman–Crippen LogP) is 4.16. The van der Waals surface area contributed by atoms with Crippen molar-refractivity contribution in [2.24, 2.45) is 0 Å². The molecule has 7 nitrogen and oxygen atoms in total. The smallest absolute Gasteiger partial charge is 0.244 e. The summed E-state index contributed by atoms with van der Waals surface area (Å²) in [4.78, 5) is 9.04. The predicted molar refractivity (Wildman–Crippen MR) is 111 cm³/mol. The standard InChI is InChI=1S/C20H22N4O3S2/c1-15(20-22-19(23-27-20)16-8-4-2-5-9-16)28-18-11-10-17(14-21-18)29(25,26)24-12-6-3-7-13-24/h2,4-5,8-11,14-15H,3,6-7,12-13H2,1H3. The van der Waals surface area contributed by atoms with Crippen molar-refractivity contribution in [2.45, 2.75) is 41.4 Å². The SMILES string of the molecule is CC(Sc1ccc(S(=O)(=O)N2CCCCC2)cn1)c1nc(-c2ccccc2)no1. The maximum Gasteiger partial charge on any atom is 0.244 e. The van der Waals surface area contributed by atoms with Crippen LogP contribution in [0.3, 0.4) is 0 Å². The topological polar surface area (TPSA) is 89.2 Å². The zero-order valence-corrected chi connectivity index (χ0v) is 17.7. The van der Waals surface area contributed by atoms with Crippen LogP contribution in [0.25, 0.3) is 11.4 Å². The van der Waals surface area contributed by atoms with Gasteiger partial charge >= 0.3 is 0 Å². The Bertz CT molecular complexity index is 1050. The fourth-order valence-corrected chi connectivity index (χ4v) is 5.46. The number of sulfonamides is 1. The summed E-state index contributed by atoms with van der Waals surface area (Å²) >= 11 is 1.44. The van der Waals surface area contributed by atoms with Crippen molar-refractivity contribution in [3.8, 4) is 11.4 Å². The fourth-order valence-electron chi connectivity index (χ4n) is 3.18. The van der Waals surface area contributed by atoms with E-state index >= 15 is 0 Å². The molecule has 0 N–H and O–H groups in total.